The fraction of sp³-hybridized carbons (Fsp3) is 0.458. The Balaban J connectivity index is 1.68. The zero-order valence-corrected chi connectivity index (χ0v) is 19.7. The van der Waals surface area contributed by atoms with E-state index in [0.717, 1.165) is 36.0 Å². The lowest BCUT2D eigenvalue weighted by Gasteiger charge is -2.29. The van der Waals surface area contributed by atoms with E-state index in [2.05, 4.69) is 22.3 Å². The van der Waals surface area contributed by atoms with Gasteiger partial charge in [-0.2, -0.15) is 0 Å². The average Bonchev–Trinajstić information content (AvgIpc) is 2.74. The second-order valence-electron chi connectivity index (χ2n) is 8.49. The van der Waals surface area contributed by atoms with Crippen LogP contribution in [0.2, 0.25) is 0 Å². The number of piperidine rings is 1. The van der Waals surface area contributed by atoms with Gasteiger partial charge in [-0.25, -0.2) is 8.42 Å². The van der Waals surface area contributed by atoms with Gasteiger partial charge < -0.3 is 10.2 Å². The molecule has 6 nitrogen and oxygen atoms in total. The van der Waals surface area contributed by atoms with Gasteiger partial charge in [-0.1, -0.05) is 24.3 Å². The van der Waals surface area contributed by atoms with Gasteiger partial charge in [0.15, 0.2) is 0 Å². The number of amides is 1. The summed E-state index contributed by atoms with van der Waals surface area (Å²) in [7, 11) is -3.60. The topological polar surface area (TPSA) is 69.7 Å². The first-order valence-corrected chi connectivity index (χ1v) is 12.7. The molecule has 0 aromatic heterocycles. The molecule has 7 heteroatoms. The summed E-state index contributed by atoms with van der Waals surface area (Å²) in [5.74, 6) is -0.334. The number of carbonyl (C=O) groups is 1. The summed E-state index contributed by atoms with van der Waals surface area (Å²) < 4.78 is 26.0. The zero-order valence-electron chi connectivity index (χ0n) is 18.9. The summed E-state index contributed by atoms with van der Waals surface area (Å²) in [4.78, 5) is 15.1. The molecule has 168 valence electrons. The zero-order chi connectivity index (χ0) is 22.6. The molecule has 1 amide bonds. The summed E-state index contributed by atoms with van der Waals surface area (Å²) in [6, 6.07) is 13.6. The molecule has 0 radical (unpaired) electrons. The monoisotopic (exact) mass is 443 g/mol. The molecule has 1 aliphatic heterocycles. The van der Waals surface area contributed by atoms with Gasteiger partial charge in [0, 0.05) is 18.8 Å². The summed E-state index contributed by atoms with van der Waals surface area (Å²) in [6.07, 6.45) is 4.88. The van der Waals surface area contributed by atoms with Crippen molar-refractivity contribution in [1.29, 1.82) is 0 Å². The maximum Gasteiger partial charge on any atom is 0.241 e. The third-order valence-electron chi connectivity index (χ3n) is 5.81. The normalized spacial score (nSPS) is 15.4. The van der Waals surface area contributed by atoms with Crippen LogP contribution in [0.4, 0.5) is 11.4 Å². The molecule has 1 aliphatic rings. The molecular formula is C24H33N3O3S. The molecule has 3 rings (SSSR count). The van der Waals surface area contributed by atoms with Crippen molar-refractivity contribution in [3.8, 4) is 0 Å². The fourth-order valence-corrected chi connectivity index (χ4v) is 4.90. The van der Waals surface area contributed by atoms with E-state index >= 15 is 0 Å². The van der Waals surface area contributed by atoms with Gasteiger partial charge in [0.05, 0.1) is 18.0 Å². The molecule has 2 aromatic carbocycles. The average molecular weight is 444 g/mol. The molecule has 0 bridgehead atoms. The summed E-state index contributed by atoms with van der Waals surface area (Å²) in [6.45, 7) is 7.59. The van der Waals surface area contributed by atoms with Crippen LogP contribution in [0.25, 0.3) is 0 Å². The van der Waals surface area contributed by atoms with E-state index in [-0.39, 0.29) is 18.5 Å². The molecule has 1 atom stereocenters. The van der Waals surface area contributed by atoms with E-state index in [4.69, 9.17) is 0 Å². The third-order valence-corrected chi connectivity index (χ3v) is 6.94. The highest BCUT2D eigenvalue weighted by atomic mass is 32.2. The van der Waals surface area contributed by atoms with Crippen LogP contribution >= 0.6 is 0 Å². The van der Waals surface area contributed by atoms with Gasteiger partial charge in [-0.05, 0) is 74.9 Å². The first kappa shape index (κ1) is 23.1. The Bertz CT molecular complexity index is 1010. The van der Waals surface area contributed by atoms with Crippen molar-refractivity contribution in [2.75, 3.05) is 35.1 Å². The van der Waals surface area contributed by atoms with Crippen LogP contribution in [0.5, 0.6) is 0 Å². The van der Waals surface area contributed by atoms with Crippen molar-refractivity contribution in [3.63, 3.8) is 0 Å². The summed E-state index contributed by atoms with van der Waals surface area (Å²) in [5, 5.41) is 2.94. The lowest BCUT2D eigenvalue weighted by atomic mass is 10.1. The number of anilines is 2. The molecule has 1 saturated heterocycles. The van der Waals surface area contributed by atoms with Crippen LogP contribution < -0.4 is 14.5 Å². The van der Waals surface area contributed by atoms with Crippen molar-refractivity contribution in [2.24, 2.45) is 0 Å². The molecule has 2 aromatic rings. The van der Waals surface area contributed by atoms with Gasteiger partial charge in [0.2, 0.25) is 15.9 Å². The summed E-state index contributed by atoms with van der Waals surface area (Å²) >= 11 is 0. The maximum absolute atomic E-state index is 12.7. The van der Waals surface area contributed by atoms with Crippen LogP contribution in [-0.2, 0) is 14.8 Å². The Morgan fingerprint density at radius 3 is 2.32 bits per heavy atom. The predicted molar refractivity (Wildman–Crippen MR) is 127 cm³/mol. The summed E-state index contributed by atoms with van der Waals surface area (Å²) in [5.41, 5.74) is 4.49. The van der Waals surface area contributed by atoms with Gasteiger partial charge >= 0.3 is 0 Å². The van der Waals surface area contributed by atoms with Crippen LogP contribution in [0.15, 0.2) is 42.5 Å². The molecule has 1 unspecified atom stereocenters. The van der Waals surface area contributed by atoms with Crippen LogP contribution in [0, 0.1) is 13.8 Å². The number of hydrogen-bond acceptors (Lipinski definition) is 4. The number of hydrogen-bond donors (Lipinski definition) is 1. The molecule has 1 heterocycles. The van der Waals surface area contributed by atoms with E-state index < -0.39 is 10.0 Å². The predicted octanol–water partition coefficient (Wildman–Crippen LogP) is 3.94. The largest absolute Gasteiger partial charge is 0.372 e. The Kier molecular flexibility index (Phi) is 7.26. The first-order valence-electron chi connectivity index (χ1n) is 10.8. The number of benzene rings is 2. The molecule has 1 fully saturated rings. The van der Waals surface area contributed by atoms with Gasteiger partial charge in [-0.3, -0.25) is 9.10 Å². The van der Waals surface area contributed by atoms with E-state index in [9.17, 15) is 13.2 Å². The van der Waals surface area contributed by atoms with Crippen molar-refractivity contribution in [3.05, 3.63) is 59.2 Å². The molecule has 1 N–H and O–H groups in total. The van der Waals surface area contributed by atoms with Gasteiger partial charge in [0.1, 0.15) is 6.54 Å². The quantitative estimate of drug-likeness (QED) is 0.704. The van der Waals surface area contributed by atoms with Crippen molar-refractivity contribution < 1.29 is 13.2 Å². The van der Waals surface area contributed by atoms with Gasteiger partial charge in [0.25, 0.3) is 0 Å². The van der Waals surface area contributed by atoms with E-state index in [1.54, 1.807) is 6.07 Å². The minimum absolute atomic E-state index is 0.220. The molecule has 0 spiro atoms. The highest BCUT2D eigenvalue weighted by Crippen LogP contribution is 2.25. The number of nitrogens with one attached hydrogen (secondary N) is 1. The molecule has 31 heavy (non-hydrogen) atoms. The fourth-order valence-electron chi connectivity index (χ4n) is 4.00. The second kappa shape index (κ2) is 9.73. The SMILES string of the molecule is Cc1ccc(C)c(N(CC(=O)NC(C)c2ccc(N3CCCCC3)cc2)S(C)(=O)=O)c1. The maximum atomic E-state index is 12.7. The minimum Gasteiger partial charge on any atom is -0.372 e. The highest BCUT2D eigenvalue weighted by molar-refractivity contribution is 7.92. The van der Waals surface area contributed by atoms with Crippen molar-refractivity contribution >= 4 is 27.3 Å². The lowest BCUT2D eigenvalue weighted by Crippen LogP contribution is -2.41. The van der Waals surface area contributed by atoms with E-state index in [1.807, 2.05) is 45.0 Å². The van der Waals surface area contributed by atoms with Crippen molar-refractivity contribution in [1.82, 2.24) is 5.32 Å². The van der Waals surface area contributed by atoms with Crippen molar-refractivity contribution in [2.45, 2.75) is 46.1 Å². The van der Waals surface area contributed by atoms with E-state index in [0.29, 0.717) is 5.69 Å². The van der Waals surface area contributed by atoms with Crippen LogP contribution in [-0.4, -0.2) is 40.2 Å². The number of carbonyl (C=O) groups excluding carboxylic acids is 1. The first-order chi connectivity index (χ1) is 14.6. The highest BCUT2D eigenvalue weighted by Gasteiger charge is 2.23. The standard InChI is InChI=1S/C24H33N3O3S/c1-18-8-9-19(2)23(16-18)27(31(4,29)30)17-24(28)25-20(3)21-10-12-22(13-11-21)26-14-6-5-7-15-26/h8-13,16,20H,5-7,14-15,17H2,1-4H3,(H,25,28). The molecule has 0 saturated carbocycles. The third kappa shape index (κ3) is 6.00. The van der Waals surface area contributed by atoms with E-state index in [1.165, 1.54) is 29.3 Å². The molecule has 0 aliphatic carbocycles. The minimum atomic E-state index is -3.60. The lowest BCUT2D eigenvalue weighted by molar-refractivity contribution is -0.120. The smallest absolute Gasteiger partial charge is 0.241 e. The van der Waals surface area contributed by atoms with Crippen LogP contribution in [0.3, 0.4) is 0 Å². The number of sulfonamides is 1. The number of aryl methyl sites for hydroxylation is 2. The Hall–Kier alpha value is -2.54. The molecular weight excluding hydrogens is 410 g/mol. The number of rotatable bonds is 7. The van der Waals surface area contributed by atoms with Crippen LogP contribution in [0.1, 0.15) is 48.9 Å². The Labute approximate surface area is 186 Å². The second-order valence-corrected chi connectivity index (χ2v) is 10.4. The Morgan fingerprint density at radius 2 is 1.71 bits per heavy atom. The Morgan fingerprint density at radius 1 is 1.06 bits per heavy atom. The van der Waals surface area contributed by atoms with Gasteiger partial charge in [-0.15, -0.1) is 0 Å². The number of nitrogens with zero attached hydrogens (tertiary/aromatic N) is 2.